The van der Waals surface area contributed by atoms with Gasteiger partial charge in [-0.15, -0.1) is 0 Å². The van der Waals surface area contributed by atoms with Crippen LogP contribution >= 0.6 is 0 Å². The molecule has 20 heavy (non-hydrogen) atoms. The second-order valence-electron chi connectivity index (χ2n) is 5.33. The molecule has 1 aromatic carbocycles. The largest absolute Gasteiger partial charge is 0.411 e. The molecule has 1 aromatic rings. The summed E-state index contributed by atoms with van der Waals surface area (Å²) in [7, 11) is 0. The lowest BCUT2D eigenvalue weighted by atomic mass is 9.99. The van der Waals surface area contributed by atoms with E-state index in [2.05, 4.69) is 35.2 Å². The van der Waals surface area contributed by atoms with Gasteiger partial charge in [-0.25, -0.2) is 0 Å². The summed E-state index contributed by atoms with van der Waals surface area (Å²) in [5, 5.41) is 12.8. The molecule has 1 aliphatic rings. The Morgan fingerprint density at radius 2 is 2.10 bits per heavy atom. The third kappa shape index (κ3) is 4.20. The molecular weight excluding hydrogens is 248 g/mol. The Morgan fingerprint density at radius 1 is 1.30 bits per heavy atom. The number of rotatable bonds is 6. The van der Waals surface area contributed by atoms with Gasteiger partial charge in [0.25, 0.3) is 0 Å². The van der Waals surface area contributed by atoms with E-state index in [0.717, 1.165) is 44.6 Å². The molecule has 0 spiro atoms. The van der Waals surface area contributed by atoms with Crippen molar-refractivity contribution in [1.82, 2.24) is 4.90 Å². The molecule has 0 aliphatic carbocycles. The van der Waals surface area contributed by atoms with Crippen LogP contribution in [0.4, 0.5) is 0 Å². The van der Waals surface area contributed by atoms with Crippen molar-refractivity contribution >= 4 is 5.71 Å². The molecule has 3 heteroatoms. The van der Waals surface area contributed by atoms with Crippen LogP contribution in [-0.2, 0) is 6.42 Å². The lowest BCUT2D eigenvalue weighted by Gasteiger charge is -2.27. The molecule has 3 nitrogen and oxygen atoms in total. The number of oxime groups is 1. The van der Waals surface area contributed by atoms with Gasteiger partial charge in [0.2, 0.25) is 0 Å². The van der Waals surface area contributed by atoms with Gasteiger partial charge in [0.05, 0.1) is 5.71 Å². The summed E-state index contributed by atoms with van der Waals surface area (Å²) in [6.07, 6.45) is 6.17. The van der Waals surface area contributed by atoms with Crippen molar-refractivity contribution in [3.63, 3.8) is 0 Å². The third-order valence-electron chi connectivity index (χ3n) is 3.75. The Morgan fingerprint density at radius 3 is 2.80 bits per heavy atom. The standard InChI is InChI=1S/C17H24N2O/c1-2-12-19-13-6-9-16(14-19)17(18-20)11-10-15-7-4-3-5-8-15/h3-5,7-9,20H,2,6,10-14H2,1H3/b18-17-. The zero-order valence-corrected chi connectivity index (χ0v) is 12.3. The first-order valence-electron chi connectivity index (χ1n) is 7.50. The van der Waals surface area contributed by atoms with Crippen LogP contribution in [0.2, 0.25) is 0 Å². The third-order valence-corrected chi connectivity index (χ3v) is 3.75. The van der Waals surface area contributed by atoms with E-state index in [4.69, 9.17) is 0 Å². The first-order valence-corrected chi connectivity index (χ1v) is 7.50. The molecule has 0 saturated carbocycles. The second-order valence-corrected chi connectivity index (χ2v) is 5.33. The molecule has 0 radical (unpaired) electrons. The highest BCUT2D eigenvalue weighted by Crippen LogP contribution is 2.15. The van der Waals surface area contributed by atoms with Crippen molar-refractivity contribution in [2.75, 3.05) is 19.6 Å². The molecule has 0 saturated heterocycles. The number of benzene rings is 1. The quantitative estimate of drug-likeness (QED) is 0.489. The molecule has 2 rings (SSSR count). The van der Waals surface area contributed by atoms with Crippen LogP contribution in [0.5, 0.6) is 0 Å². The lowest BCUT2D eigenvalue weighted by Crippen LogP contribution is -2.33. The van der Waals surface area contributed by atoms with E-state index in [9.17, 15) is 5.21 Å². The molecule has 108 valence electrons. The molecule has 0 bridgehead atoms. The smallest absolute Gasteiger partial charge is 0.0840 e. The highest BCUT2D eigenvalue weighted by molar-refractivity contribution is 6.00. The van der Waals surface area contributed by atoms with Crippen molar-refractivity contribution in [3.8, 4) is 0 Å². The van der Waals surface area contributed by atoms with Gasteiger partial charge in [-0.3, -0.25) is 4.90 Å². The molecule has 0 aromatic heterocycles. The predicted molar refractivity (Wildman–Crippen MR) is 83.4 cm³/mol. The molecule has 1 N–H and O–H groups in total. The van der Waals surface area contributed by atoms with Crippen molar-refractivity contribution < 1.29 is 5.21 Å². The van der Waals surface area contributed by atoms with Gasteiger partial charge >= 0.3 is 0 Å². The first-order chi connectivity index (χ1) is 9.83. The maximum Gasteiger partial charge on any atom is 0.0840 e. The fourth-order valence-electron chi connectivity index (χ4n) is 2.70. The van der Waals surface area contributed by atoms with Crippen molar-refractivity contribution in [2.24, 2.45) is 5.16 Å². The minimum absolute atomic E-state index is 0.798. The summed E-state index contributed by atoms with van der Waals surface area (Å²) in [5.41, 5.74) is 3.33. The summed E-state index contributed by atoms with van der Waals surface area (Å²) < 4.78 is 0. The Labute approximate surface area is 121 Å². The van der Waals surface area contributed by atoms with Crippen LogP contribution in [0.3, 0.4) is 0 Å². The van der Waals surface area contributed by atoms with Crippen LogP contribution in [-0.4, -0.2) is 35.5 Å². The fourth-order valence-corrected chi connectivity index (χ4v) is 2.70. The lowest BCUT2D eigenvalue weighted by molar-refractivity contribution is 0.291. The van der Waals surface area contributed by atoms with Gasteiger partial charge in [-0.2, -0.15) is 0 Å². The van der Waals surface area contributed by atoms with E-state index >= 15 is 0 Å². The van der Waals surface area contributed by atoms with E-state index in [1.807, 2.05) is 18.2 Å². The van der Waals surface area contributed by atoms with E-state index in [-0.39, 0.29) is 0 Å². The van der Waals surface area contributed by atoms with Crippen LogP contribution in [0.1, 0.15) is 31.7 Å². The minimum Gasteiger partial charge on any atom is -0.411 e. The second kappa shape index (κ2) is 7.85. The fraction of sp³-hybridized carbons (Fsp3) is 0.471. The van der Waals surface area contributed by atoms with Gasteiger partial charge in [-0.05, 0) is 43.4 Å². The molecular formula is C17H24N2O. The van der Waals surface area contributed by atoms with E-state index in [1.54, 1.807) is 0 Å². The number of nitrogens with zero attached hydrogens (tertiary/aromatic N) is 2. The maximum absolute atomic E-state index is 9.30. The normalized spacial score (nSPS) is 17.1. The summed E-state index contributed by atoms with van der Waals surface area (Å²) >= 11 is 0. The summed E-state index contributed by atoms with van der Waals surface area (Å²) in [4.78, 5) is 2.43. The molecule has 0 atom stereocenters. The van der Waals surface area contributed by atoms with Gasteiger partial charge in [-0.1, -0.05) is 48.5 Å². The molecule has 1 aliphatic heterocycles. The van der Waals surface area contributed by atoms with E-state index in [0.29, 0.717) is 0 Å². The molecule has 0 fully saturated rings. The predicted octanol–water partition coefficient (Wildman–Crippen LogP) is 3.49. The van der Waals surface area contributed by atoms with Gasteiger partial charge in [0.1, 0.15) is 0 Å². The van der Waals surface area contributed by atoms with Crippen molar-refractivity contribution in [1.29, 1.82) is 0 Å². The zero-order chi connectivity index (χ0) is 14.2. The Hall–Kier alpha value is -1.61. The Bertz CT molecular complexity index is 465. The van der Waals surface area contributed by atoms with Gasteiger partial charge < -0.3 is 5.21 Å². The molecule has 0 amide bonds. The molecule has 1 heterocycles. The summed E-state index contributed by atoms with van der Waals surface area (Å²) in [6.45, 7) is 5.36. The Kier molecular flexibility index (Phi) is 5.81. The van der Waals surface area contributed by atoms with Crippen molar-refractivity contribution in [3.05, 3.63) is 47.5 Å². The van der Waals surface area contributed by atoms with E-state index < -0.39 is 0 Å². The average molecular weight is 272 g/mol. The summed E-state index contributed by atoms with van der Waals surface area (Å²) in [5.74, 6) is 0. The SMILES string of the molecule is CCCN1CCC=C(/C(CCc2ccccc2)=N\O)C1. The van der Waals surface area contributed by atoms with Gasteiger partial charge in [0, 0.05) is 13.1 Å². The van der Waals surface area contributed by atoms with Crippen LogP contribution in [0.15, 0.2) is 47.1 Å². The minimum atomic E-state index is 0.798. The highest BCUT2D eigenvalue weighted by Gasteiger charge is 2.16. The number of hydrogen-bond donors (Lipinski definition) is 1. The zero-order valence-electron chi connectivity index (χ0n) is 12.3. The highest BCUT2D eigenvalue weighted by atomic mass is 16.4. The number of hydrogen-bond acceptors (Lipinski definition) is 3. The monoisotopic (exact) mass is 272 g/mol. The van der Waals surface area contributed by atoms with Crippen LogP contribution < -0.4 is 0 Å². The van der Waals surface area contributed by atoms with Crippen molar-refractivity contribution in [2.45, 2.75) is 32.6 Å². The maximum atomic E-state index is 9.30. The first kappa shape index (κ1) is 14.8. The topological polar surface area (TPSA) is 35.8 Å². The van der Waals surface area contributed by atoms with Crippen LogP contribution in [0, 0.1) is 0 Å². The van der Waals surface area contributed by atoms with Gasteiger partial charge in [0.15, 0.2) is 0 Å². The average Bonchev–Trinajstić information content (AvgIpc) is 2.50. The molecule has 0 unspecified atom stereocenters. The number of aryl methyl sites for hydroxylation is 1. The van der Waals surface area contributed by atoms with E-state index in [1.165, 1.54) is 17.6 Å². The Balaban J connectivity index is 1.93. The van der Waals surface area contributed by atoms with Crippen LogP contribution in [0.25, 0.3) is 0 Å². The summed E-state index contributed by atoms with van der Waals surface area (Å²) in [6, 6.07) is 10.4.